The molecule has 6 nitrogen and oxygen atoms in total. The average Bonchev–Trinajstić information content (AvgIpc) is 3.44. The zero-order chi connectivity index (χ0) is 23.7. The van der Waals surface area contributed by atoms with Crippen LogP contribution in [-0.4, -0.2) is 44.1 Å². The number of carbonyl (C=O) groups excluding carboxylic acids is 2. The van der Waals surface area contributed by atoms with Crippen molar-refractivity contribution in [1.82, 2.24) is 20.0 Å². The van der Waals surface area contributed by atoms with Crippen LogP contribution in [0.4, 0.5) is 0 Å². The van der Waals surface area contributed by atoms with Crippen molar-refractivity contribution in [2.24, 2.45) is 0 Å². The Hall–Kier alpha value is -2.63. The molecule has 34 heavy (non-hydrogen) atoms. The van der Waals surface area contributed by atoms with Crippen molar-refractivity contribution in [3.63, 3.8) is 0 Å². The van der Waals surface area contributed by atoms with E-state index < -0.39 is 5.54 Å². The molecule has 1 atom stereocenters. The Morgan fingerprint density at radius 1 is 1.03 bits per heavy atom. The quantitative estimate of drug-likeness (QED) is 0.628. The molecule has 2 heterocycles. The van der Waals surface area contributed by atoms with Gasteiger partial charge in [-0.3, -0.25) is 14.3 Å². The van der Waals surface area contributed by atoms with E-state index in [2.05, 4.69) is 36.5 Å². The Bertz CT molecular complexity index is 1030. The van der Waals surface area contributed by atoms with E-state index in [1.165, 1.54) is 18.4 Å². The highest BCUT2D eigenvalue weighted by molar-refractivity contribution is 6.00. The second-order valence-electron chi connectivity index (χ2n) is 10.7. The number of aromatic nitrogens is 2. The molecule has 1 N–H and O–H groups in total. The van der Waals surface area contributed by atoms with Crippen LogP contribution < -0.4 is 5.32 Å². The summed E-state index contributed by atoms with van der Waals surface area (Å²) in [5.74, 6) is -0.0738. The van der Waals surface area contributed by atoms with Gasteiger partial charge in [-0.05, 0) is 50.7 Å². The molecular formula is C28H38N4O2. The van der Waals surface area contributed by atoms with Gasteiger partial charge in [-0.15, -0.1) is 0 Å². The van der Waals surface area contributed by atoms with E-state index in [1.807, 2.05) is 17.9 Å². The van der Waals surface area contributed by atoms with Crippen molar-refractivity contribution >= 4 is 11.8 Å². The minimum absolute atomic E-state index is 0.0188. The van der Waals surface area contributed by atoms with Crippen molar-refractivity contribution < 1.29 is 9.59 Å². The van der Waals surface area contributed by atoms with Crippen LogP contribution in [0.25, 0.3) is 11.3 Å². The molecule has 0 saturated heterocycles. The number of carbonyl (C=O) groups is 2. The number of nitrogens with one attached hydrogen (secondary N) is 1. The van der Waals surface area contributed by atoms with Gasteiger partial charge in [0.1, 0.15) is 11.2 Å². The molecule has 0 spiro atoms. The number of amides is 2. The molecule has 2 fully saturated rings. The van der Waals surface area contributed by atoms with Crippen LogP contribution in [0.5, 0.6) is 0 Å². The fourth-order valence-electron chi connectivity index (χ4n) is 6.15. The molecule has 1 unspecified atom stereocenters. The van der Waals surface area contributed by atoms with E-state index in [0.29, 0.717) is 12.2 Å². The largest absolute Gasteiger partial charge is 0.351 e. The lowest BCUT2D eigenvalue weighted by Gasteiger charge is -2.46. The number of rotatable bonds is 5. The third kappa shape index (κ3) is 4.27. The Kier molecular flexibility index (Phi) is 6.50. The molecular weight excluding hydrogens is 424 g/mol. The maximum absolute atomic E-state index is 13.9. The highest BCUT2D eigenvalue weighted by atomic mass is 16.2. The SMILES string of the molecule is CCc1ccc(-c2cc3n(n2)CC(C)(C(=O)NC2CCCCCC2)N(C2CCCC2)C3=O)cc1. The Balaban J connectivity index is 1.47. The van der Waals surface area contributed by atoms with E-state index in [-0.39, 0.29) is 23.9 Å². The molecule has 0 radical (unpaired) electrons. The predicted molar refractivity (Wildman–Crippen MR) is 134 cm³/mol. The molecule has 2 amide bonds. The lowest BCUT2D eigenvalue weighted by molar-refractivity contribution is -0.135. The van der Waals surface area contributed by atoms with Gasteiger partial charge < -0.3 is 10.2 Å². The average molecular weight is 463 g/mol. The fraction of sp³-hybridized carbons (Fsp3) is 0.607. The first-order valence-electron chi connectivity index (χ1n) is 13.3. The van der Waals surface area contributed by atoms with Crippen LogP contribution in [-0.2, 0) is 17.8 Å². The summed E-state index contributed by atoms with van der Waals surface area (Å²) in [5, 5.41) is 8.17. The zero-order valence-corrected chi connectivity index (χ0v) is 20.7. The number of hydrogen-bond donors (Lipinski definition) is 1. The summed E-state index contributed by atoms with van der Waals surface area (Å²) in [6, 6.07) is 10.6. The number of fused-ring (bicyclic) bond motifs is 1. The molecule has 1 aromatic carbocycles. The minimum atomic E-state index is -0.930. The van der Waals surface area contributed by atoms with Gasteiger partial charge in [0.25, 0.3) is 5.91 Å². The number of nitrogens with zero attached hydrogens (tertiary/aromatic N) is 3. The minimum Gasteiger partial charge on any atom is -0.351 e. The van der Waals surface area contributed by atoms with Crippen molar-refractivity contribution in [3.05, 3.63) is 41.6 Å². The summed E-state index contributed by atoms with van der Waals surface area (Å²) in [5.41, 5.74) is 2.75. The Morgan fingerprint density at radius 3 is 2.32 bits per heavy atom. The molecule has 1 aliphatic heterocycles. The molecule has 2 aromatic rings. The molecule has 1 aromatic heterocycles. The zero-order valence-electron chi connectivity index (χ0n) is 20.7. The lowest BCUT2D eigenvalue weighted by atomic mass is 9.91. The molecule has 182 valence electrons. The van der Waals surface area contributed by atoms with Gasteiger partial charge in [0, 0.05) is 17.6 Å². The van der Waals surface area contributed by atoms with Crippen LogP contribution in [0.15, 0.2) is 30.3 Å². The lowest BCUT2D eigenvalue weighted by Crippen LogP contribution is -2.67. The number of hydrogen-bond acceptors (Lipinski definition) is 3. The van der Waals surface area contributed by atoms with Crippen molar-refractivity contribution in [2.45, 2.75) is 109 Å². The highest BCUT2D eigenvalue weighted by Crippen LogP contribution is 2.36. The maximum atomic E-state index is 13.9. The topological polar surface area (TPSA) is 67.2 Å². The van der Waals surface area contributed by atoms with E-state index in [1.54, 1.807) is 4.68 Å². The standard InChI is InChI=1S/C28H38N4O2/c1-3-20-14-16-21(17-15-20)24-18-25-26(33)32(23-12-8-9-13-23)28(2,19-31(25)30-24)27(34)29-22-10-6-4-5-7-11-22/h14-18,22-23H,3-13,19H2,1-2H3,(H,29,34). The molecule has 2 saturated carbocycles. The van der Waals surface area contributed by atoms with Crippen LogP contribution >= 0.6 is 0 Å². The first-order valence-corrected chi connectivity index (χ1v) is 13.3. The third-order valence-electron chi connectivity index (χ3n) is 8.23. The summed E-state index contributed by atoms with van der Waals surface area (Å²) < 4.78 is 1.78. The Labute approximate surface area is 203 Å². The molecule has 3 aliphatic rings. The fourth-order valence-corrected chi connectivity index (χ4v) is 6.15. The predicted octanol–water partition coefficient (Wildman–Crippen LogP) is 5.11. The van der Waals surface area contributed by atoms with Crippen molar-refractivity contribution in [1.29, 1.82) is 0 Å². The molecule has 0 bridgehead atoms. The molecule has 5 rings (SSSR count). The van der Waals surface area contributed by atoms with Crippen LogP contribution in [0.2, 0.25) is 0 Å². The van der Waals surface area contributed by atoms with Gasteiger partial charge >= 0.3 is 0 Å². The van der Waals surface area contributed by atoms with Crippen molar-refractivity contribution in [3.8, 4) is 11.3 Å². The van der Waals surface area contributed by atoms with E-state index in [9.17, 15) is 9.59 Å². The first kappa shape index (κ1) is 23.1. The van der Waals surface area contributed by atoms with Gasteiger partial charge in [-0.1, -0.05) is 69.7 Å². The second-order valence-corrected chi connectivity index (χ2v) is 10.7. The van der Waals surface area contributed by atoms with Crippen LogP contribution in [0, 0.1) is 0 Å². The number of aryl methyl sites for hydroxylation is 1. The summed E-state index contributed by atoms with van der Waals surface area (Å²) in [6.07, 6.45) is 12.0. The van der Waals surface area contributed by atoms with Gasteiger partial charge in [-0.2, -0.15) is 5.10 Å². The summed E-state index contributed by atoms with van der Waals surface area (Å²) in [7, 11) is 0. The number of benzene rings is 1. The Morgan fingerprint density at radius 2 is 1.68 bits per heavy atom. The second kappa shape index (κ2) is 9.55. The molecule has 6 heteroatoms. The van der Waals surface area contributed by atoms with E-state index >= 15 is 0 Å². The van der Waals surface area contributed by atoms with Crippen molar-refractivity contribution in [2.75, 3.05) is 0 Å². The van der Waals surface area contributed by atoms with E-state index in [4.69, 9.17) is 5.10 Å². The summed E-state index contributed by atoms with van der Waals surface area (Å²) in [6.45, 7) is 4.49. The summed E-state index contributed by atoms with van der Waals surface area (Å²) >= 11 is 0. The van der Waals surface area contributed by atoms with Gasteiger partial charge in [0.05, 0.1) is 12.2 Å². The van der Waals surface area contributed by atoms with E-state index in [0.717, 1.165) is 69.0 Å². The van der Waals surface area contributed by atoms with Crippen LogP contribution in [0.3, 0.4) is 0 Å². The monoisotopic (exact) mass is 462 g/mol. The normalized spacial score (nSPS) is 24.2. The van der Waals surface area contributed by atoms with Gasteiger partial charge in [0.2, 0.25) is 5.91 Å². The smallest absolute Gasteiger partial charge is 0.273 e. The third-order valence-corrected chi connectivity index (χ3v) is 8.23. The highest BCUT2D eigenvalue weighted by Gasteiger charge is 2.51. The van der Waals surface area contributed by atoms with Crippen LogP contribution in [0.1, 0.15) is 94.1 Å². The maximum Gasteiger partial charge on any atom is 0.273 e. The van der Waals surface area contributed by atoms with Gasteiger partial charge in [0.15, 0.2) is 0 Å². The van der Waals surface area contributed by atoms with Gasteiger partial charge in [-0.25, -0.2) is 0 Å². The molecule has 2 aliphatic carbocycles. The first-order chi connectivity index (χ1) is 16.5. The summed E-state index contributed by atoms with van der Waals surface area (Å²) in [4.78, 5) is 29.6.